The Morgan fingerprint density at radius 1 is 1.25 bits per heavy atom. The zero-order valence-corrected chi connectivity index (χ0v) is 16.1. The minimum Gasteiger partial charge on any atom is -0.337 e. The van der Waals surface area contributed by atoms with Gasteiger partial charge < -0.3 is 4.90 Å². The molecule has 0 radical (unpaired) electrons. The Bertz CT molecular complexity index is 889. The molecule has 28 heavy (non-hydrogen) atoms. The number of hydrogen-bond acceptors (Lipinski definition) is 4. The maximum absolute atomic E-state index is 12.9. The van der Waals surface area contributed by atoms with Crippen LogP contribution in [0.15, 0.2) is 41.6 Å². The molecule has 146 valence electrons. The van der Waals surface area contributed by atoms with E-state index in [1.54, 1.807) is 7.05 Å². The van der Waals surface area contributed by atoms with Crippen molar-refractivity contribution in [1.29, 1.82) is 0 Å². The number of carbonyl (C=O) groups excluding carboxylic acids is 2. The van der Waals surface area contributed by atoms with E-state index in [1.165, 1.54) is 16.1 Å². The van der Waals surface area contributed by atoms with Crippen molar-refractivity contribution in [2.75, 3.05) is 20.1 Å². The Kier molecular flexibility index (Phi) is 5.23. The van der Waals surface area contributed by atoms with Crippen LogP contribution in [0.25, 0.3) is 0 Å². The molecular weight excluding hydrogens is 354 g/mol. The van der Waals surface area contributed by atoms with Gasteiger partial charge in [-0.25, -0.2) is 5.01 Å². The molecule has 0 saturated carbocycles. The molecule has 0 aliphatic carbocycles. The number of hydrazone groups is 1. The minimum absolute atomic E-state index is 0.0453. The number of likely N-dealkylation sites (tertiary alicyclic amines) is 1. The van der Waals surface area contributed by atoms with Crippen LogP contribution < -0.4 is 0 Å². The standard InChI is InChI=1S/C21H25N5O2/c1-25-19(27)10-9-18(24-25)21(28)26-11-5-8-16(14-26)20-17(13-22-23-20)12-15-6-3-2-4-7-15/h2-4,6-7,13,16H,5,8-12,14H2,1H3,(H,22,23)/t16-/m0/s1. The molecular formula is C21H25N5O2. The molecule has 7 nitrogen and oxygen atoms in total. The summed E-state index contributed by atoms with van der Waals surface area (Å²) < 4.78 is 0. The highest BCUT2D eigenvalue weighted by Gasteiger charge is 2.31. The third-order valence-electron chi connectivity index (χ3n) is 5.56. The molecule has 2 aromatic rings. The van der Waals surface area contributed by atoms with Gasteiger partial charge in [-0.05, 0) is 24.0 Å². The molecule has 4 rings (SSSR count). The predicted octanol–water partition coefficient (Wildman–Crippen LogP) is 2.31. The Hall–Kier alpha value is -2.96. The maximum atomic E-state index is 12.9. The number of benzene rings is 1. The highest BCUT2D eigenvalue weighted by molar-refractivity contribution is 6.39. The number of rotatable bonds is 4. The van der Waals surface area contributed by atoms with Crippen molar-refractivity contribution < 1.29 is 9.59 Å². The lowest BCUT2D eigenvalue weighted by Crippen LogP contribution is -2.45. The van der Waals surface area contributed by atoms with E-state index in [0.29, 0.717) is 25.1 Å². The van der Waals surface area contributed by atoms with Crippen molar-refractivity contribution >= 4 is 17.5 Å². The predicted molar refractivity (Wildman–Crippen MR) is 106 cm³/mol. The third kappa shape index (κ3) is 3.83. The lowest BCUT2D eigenvalue weighted by Gasteiger charge is -2.33. The van der Waals surface area contributed by atoms with Gasteiger partial charge in [0, 0.05) is 51.0 Å². The van der Waals surface area contributed by atoms with Crippen LogP contribution >= 0.6 is 0 Å². The first-order valence-electron chi connectivity index (χ1n) is 9.81. The van der Waals surface area contributed by atoms with Gasteiger partial charge >= 0.3 is 0 Å². The average molecular weight is 379 g/mol. The summed E-state index contributed by atoms with van der Waals surface area (Å²) in [6.45, 7) is 1.38. The lowest BCUT2D eigenvalue weighted by atomic mass is 9.90. The van der Waals surface area contributed by atoms with Crippen molar-refractivity contribution in [3.8, 4) is 0 Å². The largest absolute Gasteiger partial charge is 0.337 e. The first kappa shape index (κ1) is 18.4. The van der Waals surface area contributed by atoms with Crippen LogP contribution in [0.3, 0.4) is 0 Å². The highest BCUT2D eigenvalue weighted by atomic mass is 16.2. The molecule has 0 unspecified atom stereocenters. The van der Waals surface area contributed by atoms with Gasteiger partial charge in [0.15, 0.2) is 0 Å². The van der Waals surface area contributed by atoms with Crippen LogP contribution in [0.5, 0.6) is 0 Å². The monoisotopic (exact) mass is 379 g/mol. The van der Waals surface area contributed by atoms with Crippen LogP contribution in [-0.4, -0.2) is 57.8 Å². The second-order valence-electron chi connectivity index (χ2n) is 7.53. The number of nitrogens with zero attached hydrogens (tertiary/aromatic N) is 4. The van der Waals surface area contributed by atoms with E-state index in [9.17, 15) is 9.59 Å². The van der Waals surface area contributed by atoms with Crippen LogP contribution in [0.1, 0.15) is 48.4 Å². The van der Waals surface area contributed by atoms with Gasteiger partial charge in [-0.3, -0.25) is 14.7 Å². The summed E-state index contributed by atoms with van der Waals surface area (Å²) in [5.41, 5.74) is 4.04. The van der Waals surface area contributed by atoms with Crippen molar-refractivity contribution in [3.05, 3.63) is 53.3 Å². The molecule has 1 saturated heterocycles. The summed E-state index contributed by atoms with van der Waals surface area (Å²) in [6.07, 6.45) is 5.47. The normalized spacial score (nSPS) is 20.2. The fourth-order valence-corrected chi connectivity index (χ4v) is 4.03. The first-order valence-corrected chi connectivity index (χ1v) is 9.81. The van der Waals surface area contributed by atoms with Crippen LogP contribution in [0, 0.1) is 0 Å². The molecule has 1 fully saturated rings. The van der Waals surface area contributed by atoms with Crippen molar-refractivity contribution in [2.45, 2.75) is 38.0 Å². The molecule has 2 amide bonds. The summed E-state index contributed by atoms with van der Waals surface area (Å²) in [7, 11) is 1.61. The van der Waals surface area contributed by atoms with Crippen molar-refractivity contribution in [3.63, 3.8) is 0 Å². The number of hydrogen-bond donors (Lipinski definition) is 1. The summed E-state index contributed by atoms with van der Waals surface area (Å²) in [5.74, 6) is 0.145. The van der Waals surface area contributed by atoms with E-state index in [-0.39, 0.29) is 17.7 Å². The maximum Gasteiger partial charge on any atom is 0.270 e. The number of H-pyrrole nitrogens is 1. The Morgan fingerprint density at radius 3 is 2.86 bits per heavy atom. The summed E-state index contributed by atoms with van der Waals surface area (Å²) in [5, 5.41) is 12.9. The zero-order valence-electron chi connectivity index (χ0n) is 16.1. The lowest BCUT2D eigenvalue weighted by molar-refractivity contribution is -0.130. The number of piperidine rings is 1. The van der Waals surface area contributed by atoms with E-state index in [4.69, 9.17) is 0 Å². The van der Waals surface area contributed by atoms with E-state index >= 15 is 0 Å². The number of nitrogens with one attached hydrogen (secondary N) is 1. The molecule has 1 aromatic heterocycles. The van der Waals surface area contributed by atoms with Crippen LogP contribution in [0.2, 0.25) is 0 Å². The quantitative estimate of drug-likeness (QED) is 0.885. The molecule has 3 heterocycles. The topological polar surface area (TPSA) is 81.7 Å². The number of carbonyl (C=O) groups is 2. The van der Waals surface area contributed by atoms with Crippen molar-refractivity contribution in [1.82, 2.24) is 20.1 Å². The molecule has 7 heteroatoms. The van der Waals surface area contributed by atoms with Gasteiger partial charge in [0.05, 0.1) is 6.20 Å². The molecule has 1 N–H and O–H groups in total. The van der Waals surface area contributed by atoms with Crippen molar-refractivity contribution in [2.24, 2.45) is 5.10 Å². The van der Waals surface area contributed by atoms with E-state index in [0.717, 1.165) is 31.5 Å². The molecule has 0 spiro atoms. The smallest absolute Gasteiger partial charge is 0.270 e. The molecule has 1 aromatic carbocycles. The Morgan fingerprint density at radius 2 is 2.07 bits per heavy atom. The van der Waals surface area contributed by atoms with Gasteiger partial charge in [0.2, 0.25) is 5.91 Å². The minimum atomic E-state index is -0.0480. The fourth-order valence-electron chi connectivity index (χ4n) is 4.03. The van der Waals surface area contributed by atoms with Gasteiger partial charge in [0.1, 0.15) is 5.71 Å². The second-order valence-corrected chi connectivity index (χ2v) is 7.53. The summed E-state index contributed by atoms with van der Waals surface area (Å²) in [4.78, 5) is 26.4. The zero-order chi connectivity index (χ0) is 19.5. The van der Waals surface area contributed by atoms with E-state index in [1.807, 2.05) is 29.3 Å². The summed E-state index contributed by atoms with van der Waals surface area (Å²) >= 11 is 0. The van der Waals surface area contributed by atoms with E-state index < -0.39 is 0 Å². The first-order chi connectivity index (χ1) is 13.6. The van der Waals surface area contributed by atoms with Crippen LogP contribution in [0.4, 0.5) is 0 Å². The Balaban J connectivity index is 1.48. The molecule has 0 bridgehead atoms. The second kappa shape index (κ2) is 7.96. The summed E-state index contributed by atoms with van der Waals surface area (Å²) in [6, 6.07) is 10.3. The van der Waals surface area contributed by atoms with E-state index in [2.05, 4.69) is 27.4 Å². The molecule has 2 aliphatic heterocycles. The van der Waals surface area contributed by atoms with Gasteiger partial charge in [-0.15, -0.1) is 0 Å². The van der Waals surface area contributed by atoms with Gasteiger partial charge in [0.25, 0.3) is 5.91 Å². The number of amides is 2. The van der Waals surface area contributed by atoms with Gasteiger partial charge in [-0.2, -0.15) is 10.2 Å². The van der Waals surface area contributed by atoms with Crippen LogP contribution in [-0.2, 0) is 16.0 Å². The third-order valence-corrected chi connectivity index (χ3v) is 5.56. The number of aromatic amines is 1. The molecule has 1 atom stereocenters. The SMILES string of the molecule is CN1N=C(C(=O)N2CCC[C@H](c3[nH]ncc3Cc3ccccc3)C2)CCC1=O. The highest BCUT2D eigenvalue weighted by Crippen LogP contribution is 2.29. The fraction of sp³-hybridized carbons (Fsp3) is 0.429. The van der Waals surface area contributed by atoms with Gasteiger partial charge in [-0.1, -0.05) is 30.3 Å². The number of aromatic nitrogens is 2. The Labute approximate surface area is 164 Å². The molecule has 2 aliphatic rings. The average Bonchev–Trinajstić information content (AvgIpc) is 3.18.